The molecule has 0 saturated carbocycles. The van der Waals surface area contributed by atoms with E-state index in [1.807, 2.05) is 31.2 Å². The molecule has 0 aromatic heterocycles. The van der Waals surface area contributed by atoms with E-state index >= 15 is 0 Å². The van der Waals surface area contributed by atoms with E-state index in [1.165, 1.54) is 4.90 Å². The largest absolute Gasteiger partial charge is 0.480 e. The minimum Gasteiger partial charge on any atom is -0.480 e. The quantitative estimate of drug-likeness (QED) is 0.788. The van der Waals surface area contributed by atoms with E-state index in [0.717, 1.165) is 24.1 Å². The number of amides is 1. The first-order valence-electron chi connectivity index (χ1n) is 6.93. The summed E-state index contributed by atoms with van der Waals surface area (Å²) in [5.41, 5.74) is 2.05. The molecule has 20 heavy (non-hydrogen) atoms. The van der Waals surface area contributed by atoms with Gasteiger partial charge in [-0.2, -0.15) is 0 Å². The van der Waals surface area contributed by atoms with Crippen molar-refractivity contribution >= 4 is 11.9 Å². The van der Waals surface area contributed by atoms with E-state index in [-0.39, 0.29) is 12.5 Å². The fourth-order valence-corrected chi connectivity index (χ4v) is 2.48. The van der Waals surface area contributed by atoms with Crippen LogP contribution in [0.5, 0.6) is 0 Å². The molecule has 1 aromatic rings. The van der Waals surface area contributed by atoms with Crippen molar-refractivity contribution in [1.82, 2.24) is 10.2 Å². The second-order valence-corrected chi connectivity index (χ2v) is 5.03. The minimum atomic E-state index is -0.941. The number of carboxylic acids is 1. The molecule has 0 saturated heterocycles. The molecule has 0 unspecified atom stereocenters. The first kappa shape index (κ1) is 14.5. The van der Waals surface area contributed by atoms with Crippen LogP contribution in [0.15, 0.2) is 24.3 Å². The lowest BCUT2D eigenvalue weighted by atomic mass is 9.94. The molecule has 1 atom stereocenters. The number of benzene rings is 1. The summed E-state index contributed by atoms with van der Waals surface area (Å²) in [4.78, 5) is 25.1. The number of nitrogens with one attached hydrogen (secondary N) is 1. The summed E-state index contributed by atoms with van der Waals surface area (Å²) in [6.45, 7) is 3.35. The lowest BCUT2D eigenvalue weighted by Crippen LogP contribution is -2.51. The van der Waals surface area contributed by atoms with E-state index in [9.17, 15) is 14.7 Å². The van der Waals surface area contributed by atoms with Crippen molar-refractivity contribution in [2.45, 2.75) is 32.4 Å². The lowest BCUT2D eigenvalue weighted by molar-refractivity contribution is -0.151. The Morgan fingerprint density at radius 3 is 2.70 bits per heavy atom. The Morgan fingerprint density at radius 2 is 2.05 bits per heavy atom. The van der Waals surface area contributed by atoms with Gasteiger partial charge in [0, 0.05) is 13.0 Å². The molecule has 0 radical (unpaired) electrons. The van der Waals surface area contributed by atoms with Crippen LogP contribution in [0.3, 0.4) is 0 Å². The van der Waals surface area contributed by atoms with Crippen LogP contribution >= 0.6 is 0 Å². The highest BCUT2D eigenvalue weighted by atomic mass is 16.4. The van der Waals surface area contributed by atoms with Gasteiger partial charge in [-0.15, -0.1) is 0 Å². The van der Waals surface area contributed by atoms with Crippen LogP contribution in [0, 0.1) is 0 Å². The number of fused-ring (bicyclic) bond motifs is 1. The van der Waals surface area contributed by atoms with Gasteiger partial charge in [-0.3, -0.25) is 4.79 Å². The van der Waals surface area contributed by atoms with Crippen LogP contribution < -0.4 is 5.32 Å². The predicted molar refractivity (Wildman–Crippen MR) is 75.3 cm³/mol. The summed E-state index contributed by atoms with van der Waals surface area (Å²) in [6, 6.07) is 6.94. The monoisotopic (exact) mass is 276 g/mol. The van der Waals surface area contributed by atoms with Crippen molar-refractivity contribution in [1.29, 1.82) is 0 Å². The summed E-state index contributed by atoms with van der Waals surface area (Å²) >= 11 is 0. The first-order chi connectivity index (χ1) is 9.63. The van der Waals surface area contributed by atoms with Crippen molar-refractivity contribution in [3.8, 4) is 0 Å². The van der Waals surface area contributed by atoms with Gasteiger partial charge in [0.2, 0.25) is 5.91 Å². The summed E-state index contributed by atoms with van der Waals surface area (Å²) in [5.74, 6) is -1.09. The zero-order valence-electron chi connectivity index (χ0n) is 11.6. The van der Waals surface area contributed by atoms with Crippen molar-refractivity contribution in [3.63, 3.8) is 0 Å². The molecule has 0 aliphatic carbocycles. The fraction of sp³-hybridized carbons (Fsp3) is 0.467. The number of hydrogen-bond donors (Lipinski definition) is 2. The Hall–Kier alpha value is -1.88. The first-order valence-corrected chi connectivity index (χ1v) is 6.93. The Labute approximate surface area is 118 Å². The minimum absolute atomic E-state index is 0.152. The molecule has 0 bridgehead atoms. The molecule has 2 rings (SSSR count). The zero-order valence-corrected chi connectivity index (χ0v) is 11.6. The van der Waals surface area contributed by atoms with Crippen molar-refractivity contribution in [2.24, 2.45) is 0 Å². The summed E-state index contributed by atoms with van der Waals surface area (Å²) < 4.78 is 0. The average Bonchev–Trinajstić information content (AvgIpc) is 2.46. The Kier molecular flexibility index (Phi) is 4.74. The second kappa shape index (κ2) is 6.52. The lowest BCUT2D eigenvalue weighted by Gasteiger charge is -2.34. The van der Waals surface area contributed by atoms with Crippen LogP contribution in [0.1, 0.15) is 24.5 Å². The standard InChI is InChI=1S/C15H20N2O3/c1-2-7-16-9-14(18)17-10-12-6-4-3-5-11(12)8-13(17)15(19)20/h3-6,13,16H,2,7-10H2,1H3,(H,19,20)/t13-/m0/s1. The predicted octanol–water partition coefficient (Wildman–Crippen LogP) is 1.02. The maximum absolute atomic E-state index is 12.2. The number of aliphatic carboxylic acids is 1. The normalized spacial score (nSPS) is 17.6. The van der Waals surface area contributed by atoms with Gasteiger partial charge in [0.1, 0.15) is 6.04 Å². The fourth-order valence-electron chi connectivity index (χ4n) is 2.48. The number of hydrogen-bond acceptors (Lipinski definition) is 3. The third-order valence-electron chi connectivity index (χ3n) is 3.56. The number of carbonyl (C=O) groups is 2. The van der Waals surface area contributed by atoms with Crippen molar-refractivity contribution in [2.75, 3.05) is 13.1 Å². The second-order valence-electron chi connectivity index (χ2n) is 5.03. The SMILES string of the molecule is CCCNCC(=O)N1Cc2ccccc2C[C@H]1C(=O)O. The molecule has 108 valence electrons. The topological polar surface area (TPSA) is 69.6 Å². The Morgan fingerprint density at radius 1 is 1.35 bits per heavy atom. The number of carboxylic acid groups (broad SMARTS) is 1. The van der Waals surface area contributed by atoms with Crippen LogP contribution in [0.4, 0.5) is 0 Å². The van der Waals surface area contributed by atoms with Crippen LogP contribution in [-0.4, -0.2) is 41.0 Å². The number of rotatable bonds is 5. The zero-order chi connectivity index (χ0) is 14.5. The van der Waals surface area contributed by atoms with Gasteiger partial charge >= 0.3 is 5.97 Å². The smallest absolute Gasteiger partial charge is 0.326 e. The van der Waals surface area contributed by atoms with Crippen molar-refractivity contribution < 1.29 is 14.7 Å². The van der Waals surface area contributed by atoms with E-state index in [0.29, 0.717) is 13.0 Å². The third-order valence-corrected chi connectivity index (χ3v) is 3.56. The molecular formula is C15H20N2O3. The summed E-state index contributed by atoms with van der Waals surface area (Å²) in [7, 11) is 0. The van der Waals surface area contributed by atoms with E-state index < -0.39 is 12.0 Å². The maximum atomic E-state index is 12.2. The molecule has 1 heterocycles. The number of carbonyl (C=O) groups excluding carboxylic acids is 1. The highest BCUT2D eigenvalue weighted by Crippen LogP contribution is 2.23. The molecule has 1 aromatic carbocycles. The van der Waals surface area contributed by atoms with Crippen LogP contribution in [-0.2, 0) is 22.6 Å². The summed E-state index contributed by atoms with van der Waals surface area (Å²) in [6.07, 6.45) is 1.32. The van der Waals surface area contributed by atoms with Gasteiger partial charge in [-0.1, -0.05) is 31.2 Å². The van der Waals surface area contributed by atoms with Crippen LogP contribution in [0.2, 0.25) is 0 Å². The van der Waals surface area contributed by atoms with E-state index in [4.69, 9.17) is 0 Å². The Balaban J connectivity index is 2.13. The molecule has 1 aliphatic heterocycles. The van der Waals surface area contributed by atoms with Gasteiger partial charge in [-0.25, -0.2) is 4.79 Å². The van der Waals surface area contributed by atoms with Crippen molar-refractivity contribution in [3.05, 3.63) is 35.4 Å². The highest BCUT2D eigenvalue weighted by molar-refractivity contribution is 5.85. The summed E-state index contributed by atoms with van der Waals surface area (Å²) in [5, 5.41) is 12.4. The van der Waals surface area contributed by atoms with Gasteiger partial charge in [0.15, 0.2) is 0 Å². The number of nitrogens with zero attached hydrogens (tertiary/aromatic N) is 1. The molecule has 5 heteroatoms. The highest BCUT2D eigenvalue weighted by Gasteiger charge is 2.33. The molecule has 2 N–H and O–H groups in total. The maximum Gasteiger partial charge on any atom is 0.326 e. The third kappa shape index (κ3) is 3.17. The molecule has 1 amide bonds. The van der Waals surface area contributed by atoms with E-state index in [1.54, 1.807) is 0 Å². The molecule has 1 aliphatic rings. The van der Waals surface area contributed by atoms with E-state index in [2.05, 4.69) is 5.32 Å². The molecule has 5 nitrogen and oxygen atoms in total. The average molecular weight is 276 g/mol. The molecule has 0 spiro atoms. The van der Waals surface area contributed by atoms with Gasteiger partial charge in [-0.05, 0) is 24.1 Å². The van der Waals surface area contributed by atoms with Gasteiger partial charge in [0.05, 0.1) is 6.54 Å². The molecular weight excluding hydrogens is 256 g/mol. The molecule has 0 fully saturated rings. The van der Waals surface area contributed by atoms with Crippen LogP contribution in [0.25, 0.3) is 0 Å². The van der Waals surface area contributed by atoms with Gasteiger partial charge < -0.3 is 15.3 Å². The van der Waals surface area contributed by atoms with Gasteiger partial charge in [0.25, 0.3) is 0 Å². The Bertz CT molecular complexity index is 502.